The van der Waals surface area contributed by atoms with Crippen molar-refractivity contribution in [1.82, 2.24) is 10.2 Å². The highest BCUT2D eigenvalue weighted by atomic mass is 19.4. The number of nitrogens with zero attached hydrogens (tertiary/aromatic N) is 3. The van der Waals surface area contributed by atoms with Crippen molar-refractivity contribution in [1.29, 1.82) is 0 Å². The van der Waals surface area contributed by atoms with Crippen molar-refractivity contribution in [3.05, 3.63) is 33.9 Å². The predicted octanol–water partition coefficient (Wildman–Crippen LogP) is 1.02. The summed E-state index contributed by atoms with van der Waals surface area (Å²) in [4.78, 5) is 35.4. The van der Waals surface area contributed by atoms with Crippen LogP contribution in [0.4, 0.5) is 29.3 Å². The van der Waals surface area contributed by atoms with Crippen molar-refractivity contribution < 1.29 is 32.8 Å². The summed E-state index contributed by atoms with van der Waals surface area (Å²) in [6, 6.07) is 1.17. The second-order valence-electron chi connectivity index (χ2n) is 5.78. The minimum Gasteiger partial charge on any atom is -0.356 e. The summed E-state index contributed by atoms with van der Waals surface area (Å²) < 4.78 is 39.3. The number of halogens is 3. The van der Waals surface area contributed by atoms with Gasteiger partial charge >= 0.3 is 12.2 Å². The van der Waals surface area contributed by atoms with Gasteiger partial charge in [-0.2, -0.15) is 13.2 Å². The van der Waals surface area contributed by atoms with Crippen molar-refractivity contribution in [2.45, 2.75) is 25.0 Å². The second-order valence-corrected chi connectivity index (χ2v) is 5.78. The third-order valence-electron chi connectivity index (χ3n) is 4.24. The lowest BCUT2D eigenvalue weighted by molar-refractivity contribution is -0.388. The summed E-state index contributed by atoms with van der Waals surface area (Å²) in [5, 5.41) is 23.4. The molecule has 1 aromatic carbocycles. The standard InChI is InChI=1S/C13H11F3N4O5/c1-12-5-17-10(22)19(12)11(23)18(9(12)21)6-2-3-8(20(24)25)7(4-6)13(14,15)16/h2-4,11,23H,5H2,1H3,(H,17,22). The number of benzene rings is 1. The molecule has 134 valence electrons. The maximum Gasteiger partial charge on any atom is 0.423 e. The minimum atomic E-state index is -5.04. The third kappa shape index (κ3) is 2.28. The number of fused-ring (bicyclic) bond motifs is 1. The van der Waals surface area contributed by atoms with Crippen LogP contribution in [0, 0.1) is 10.1 Å². The fraction of sp³-hybridized carbons (Fsp3) is 0.385. The SMILES string of the molecule is CC12CNC(=O)N1C(O)N(c1ccc([N+](=O)[O-])c(C(F)(F)F)c1)C2=O. The maximum atomic E-state index is 13.1. The van der Waals surface area contributed by atoms with Crippen LogP contribution < -0.4 is 10.2 Å². The zero-order valence-electron chi connectivity index (χ0n) is 12.6. The van der Waals surface area contributed by atoms with Gasteiger partial charge in [-0.15, -0.1) is 0 Å². The first-order valence-electron chi connectivity index (χ1n) is 6.93. The maximum absolute atomic E-state index is 13.1. The highest BCUT2D eigenvalue weighted by molar-refractivity contribution is 6.07. The fourth-order valence-corrected chi connectivity index (χ4v) is 2.97. The summed E-state index contributed by atoms with van der Waals surface area (Å²) >= 11 is 0. The normalized spacial score (nSPS) is 26.0. The van der Waals surface area contributed by atoms with Gasteiger partial charge in [-0.1, -0.05) is 0 Å². The number of carbonyl (C=O) groups excluding carboxylic acids is 2. The van der Waals surface area contributed by atoms with E-state index in [0.717, 1.165) is 11.0 Å². The Kier molecular flexibility index (Phi) is 3.42. The zero-order valence-corrected chi connectivity index (χ0v) is 12.6. The molecule has 12 heteroatoms. The van der Waals surface area contributed by atoms with Crippen molar-refractivity contribution >= 4 is 23.3 Å². The predicted molar refractivity (Wildman–Crippen MR) is 75.2 cm³/mol. The first kappa shape index (κ1) is 17.0. The van der Waals surface area contributed by atoms with Crippen LogP contribution in [0.25, 0.3) is 0 Å². The number of aliphatic hydroxyl groups excluding tert-OH is 1. The van der Waals surface area contributed by atoms with Gasteiger partial charge in [-0.05, 0) is 19.1 Å². The van der Waals surface area contributed by atoms with E-state index in [2.05, 4.69) is 5.32 Å². The van der Waals surface area contributed by atoms with Crippen LogP contribution in [-0.2, 0) is 11.0 Å². The minimum absolute atomic E-state index is 0.128. The number of urea groups is 1. The second kappa shape index (κ2) is 5.05. The molecular weight excluding hydrogens is 349 g/mol. The van der Waals surface area contributed by atoms with E-state index in [1.807, 2.05) is 0 Å². The monoisotopic (exact) mass is 360 g/mol. The highest BCUT2D eigenvalue weighted by Crippen LogP contribution is 2.41. The van der Waals surface area contributed by atoms with E-state index >= 15 is 0 Å². The molecule has 0 saturated carbocycles. The zero-order chi connectivity index (χ0) is 18.7. The summed E-state index contributed by atoms with van der Waals surface area (Å²) in [6.45, 7) is 1.23. The van der Waals surface area contributed by atoms with Crippen LogP contribution in [0.1, 0.15) is 12.5 Å². The van der Waals surface area contributed by atoms with Crippen molar-refractivity contribution in [3.8, 4) is 0 Å². The molecule has 25 heavy (non-hydrogen) atoms. The molecule has 9 nitrogen and oxygen atoms in total. The molecule has 2 heterocycles. The van der Waals surface area contributed by atoms with Gasteiger partial charge in [0, 0.05) is 11.8 Å². The summed E-state index contributed by atoms with van der Waals surface area (Å²) in [5.41, 5.74) is -4.60. The van der Waals surface area contributed by atoms with E-state index in [0.29, 0.717) is 17.0 Å². The van der Waals surface area contributed by atoms with Crippen LogP contribution in [0.2, 0.25) is 0 Å². The molecule has 0 aromatic heterocycles. The van der Waals surface area contributed by atoms with Crippen LogP contribution in [0.5, 0.6) is 0 Å². The number of nitro benzene ring substituents is 1. The van der Waals surface area contributed by atoms with Crippen LogP contribution in [0.15, 0.2) is 18.2 Å². The van der Waals surface area contributed by atoms with E-state index in [-0.39, 0.29) is 6.54 Å². The highest BCUT2D eigenvalue weighted by Gasteiger charge is 2.60. The van der Waals surface area contributed by atoms with Crippen LogP contribution in [0.3, 0.4) is 0 Å². The first-order chi connectivity index (χ1) is 11.5. The molecule has 3 amide bonds. The van der Waals surface area contributed by atoms with E-state index in [9.17, 15) is 38.0 Å². The molecule has 2 aliphatic heterocycles. The van der Waals surface area contributed by atoms with Gasteiger partial charge in [0.25, 0.3) is 11.6 Å². The molecule has 0 spiro atoms. The molecule has 2 atom stereocenters. The fourth-order valence-electron chi connectivity index (χ4n) is 2.97. The lowest BCUT2D eigenvalue weighted by Gasteiger charge is -2.24. The number of anilines is 1. The lowest BCUT2D eigenvalue weighted by atomic mass is 10.0. The molecule has 2 unspecified atom stereocenters. The van der Waals surface area contributed by atoms with E-state index < -0.39 is 51.9 Å². The van der Waals surface area contributed by atoms with Crippen LogP contribution >= 0.6 is 0 Å². The summed E-state index contributed by atoms with van der Waals surface area (Å²) in [7, 11) is 0. The summed E-state index contributed by atoms with van der Waals surface area (Å²) in [5.74, 6) is -0.805. The topological polar surface area (TPSA) is 116 Å². The molecule has 0 radical (unpaired) electrons. The Morgan fingerprint density at radius 2 is 2.04 bits per heavy atom. The average Bonchev–Trinajstić information content (AvgIpc) is 2.91. The molecular formula is C13H11F3N4O5. The van der Waals surface area contributed by atoms with E-state index in [4.69, 9.17) is 0 Å². The molecule has 2 aliphatic rings. The molecule has 1 aromatic rings. The Morgan fingerprint density at radius 3 is 2.56 bits per heavy atom. The Labute approximate surface area is 137 Å². The molecule has 2 saturated heterocycles. The van der Waals surface area contributed by atoms with Crippen molar-refractivity contribution in [3.63, 3.8) is 0 Å². The lowest BCUT2D eigenvalue weighted by Crippen LogP contribution is -2.46. The quantitative estimate of drug-likeness (QED) is 0.603. The first-order valence-corrected chi connectivity index (χ1v) is 6.93. The van der Waals surface area contributed by atoms with Crippen molar-refractivity contribution in [2.24, 2.45) is 0 Å². The Morgan fingerprint density at radius 1 is 1.40 bits per heavy atom. The number of nitro groups is 1. The van der Waals surface area contributed by atoms with Crippen LogP contribution in [-0.4, -0.2) is 45.3 Å². The number of hydrogen-bond acceptors (Lipinski definition) is 5. The van der Waals surface area contributed by atoms with Gasteiger partial charge in [0.2, 0.25) is 6.35 Å². The third-order valence-corrected chi connectivity index (χ3v) is 4.24. The number of nitrogens with one attached hydrogen (secondary N) is 1. The molecule has 2 N–H and O–H groups in total. The van der Waals surface area contributed by atoms with E-state index in [1.54, 1.807) is 0 Å². The average molecular weight is 360 g/mol. The van der Waals surface area contributed by atoms with Crippen molar-refractivity contribution in [2.75, 3.05) is 11.4 Å². The largest absolute Gasteiger partial charge is 0.423 e. The van der Waals surface area contributed by atoms with Gasteiger partial charge in [-0.3, -0.25) is 24.7 Å². The molecule has 2 fully saturated rings. The Hall–Kier alpha value is -2.89. The number of hydrogen-bond donors (Lipinski definition) is 2. The number of carbonyl (C=O) groups is 2. The molecule has 0 aliphatic carbocycles. The van der Waals surface area contributed by atoms with Gasteiger partial charge in [-0.25, -0.2) is 4.79 Å². The van der Waals surface area contributed by atoms with Gasteiger partial charge < -0.3 is 10.4 Å². The van der Waals surface area contributed by atoms with Gasteiger partial charge in [0.05, 0.1) is 11.5 Å². The number of alkyl halides is 3. The Balaban J connectivity index is 2.10. The summed E-state index contributed by atoms with van der Waals surface area (Å²) in [6.07, 6.45) is -6.87. The number of amides is 3. The van der Waals surface area contributed by atoms with Gasteiger partial charge in [0.1, 0.15) is 11.1 Å². The number of aliphatic hydroxyl groups is 1. The van der Waals surface area contributed by atoms with Gasteiger partial charge in [0.15, 0.2) is 0 Å². The smallest absolute Gasteiger partial charge is 0.356 e. The molecule has 0 bridgehead atoms. The number of rotatable bonds is 2. The molecule has 3 rings (SSSR count). The van der Waals surface area contributed by atoms with E-state index in [1.165, 1.54) is 6.92 Å². The Bertz CT molecular complexity index is 798.